The van der Waals surface area contributed by atoms with Crippen molar-refractivity contribution in [2.24, 2.45) is 0 Å². The molecular formula is C23H29N3. The fraction of sp³-hybridized carbons (Fsp3) is 0.348. The van der Waals surface area contributed by atoms with Gasteiger partial charge in [0.1, 0.15) is 0 Å². The van der Waals surface area contributed by atoms with Gasteiger partial charge in [-0.05, 0) is 42.5 Å². The average molecular weight is 348 g/mol. The van der Waals surface area contributed by atoms with Crippen LogP contribution in [0.15, 0.2) is 54.6 Å². The number of hydrogen-bond donors (Lipinski definition) is 1. The highest BCUT2D eigenvalue weighted by Gasteiger charge is 2.14. The van der Waals surface area contributed by atoms with Crippen molar-refractivity contribution >= 4 is 0 Å². The molecule has 3 aromatic rings. The first-order chi connectivity index (χ1) is 12.4. The van der Waals surface area contributed by atoms with Gasteiger partial charge >= 0.3 is 0 Å². The number of nitrogens with one attached hydrogen (secondary N) is 1. The Bertz CT molecular complexity index is 853. The van der Waals surface area contributed by atoms with Crippen LogP contribution in [0.3, 0.4) is 0 Å². The quantitative estimate of drug-likeness (QED) is 0.698. The van der Waals surface area contributed by atoms with Crippen molar-refractivity contribution in [3.8, 4) is 5.69 Å². The fourth-order valence-electron chi connectivity index (χ4n) is 3.21. The molecule has 0 saturated carbocycles. The maximum Gasteiger partial charge on any atom is 0.0648 e. The third kappa shape index (κ3) is 4.05. The molecule has 0 aliphatic rings. The van der Waals surface area contributed by atoms with E-state index in [0.717, 1.165) is 24.5 Å². The zero-order chi connectivity index (χ0) is 18.7. The van der Waals surface area contributed by atoms with E-state index in [0.29, 0.717) is 0 Å². The van der Waals surface area contributed by atoms with Crippen LogP contribution in [-0.2, 0) is 18.5 Å². The SMILES string of the molecule is Cc1nn(-c2ccccc2)c(C)c1CNCc1ccc(C(C)(C)C)cc1. The fourth-order valence-corrected chi connectivity index (χ4v) is 3.21. The minimum Gasteiger partial charge on any atom is -0.308 e. The van der Waals surface area contributed by atoms with Gasteiger partial charge in [0, 0.05) is 24.3 Å². The Morgan fingerprint density at radius 1 is 0.885 bits per heavy atom. The lowest BCUT2D eigenvalue weighted by Crippen LogP contribution is -2.15. The van der Waals surface area contributed by atoms with E-state index in [1.807, 2.05) is 22.9 Å². The van der Waals surface area contributed by atoms with Gasteiger partial charge in [0.15, 0.2) is 0 Å². The molecule has 1 N–H and O–H groups in total. The standard InChI is InChI=1S/C23H29N3/c1-17-22(18(2)26(25-17)21-9-7-6-8-10-21)16-24-15-19-11-13-20(14-12-19)23(3,4)5/h6-14,24H,15-16H2,1-5H3. The van der Waals surface area contributed by atoms with Crippen LogP contribution < -0.4 is 5.32 Å². The average Bonchev–Trinajstić information content (AvgIpc) is 2.90. The van der Waals surface area contributed by atoms with Gasteiger partial charge < -0.3 is 5.32 Å². The van der Waals surface area contributed by atoms with Crippen molar-refractivity contribution in [1.82, 2.24) is 15.1 Å². The molecule has 3 heteroatoms. The molecule has 3 rings (SSSR count). The van der Waals surface area contributed by atoms with E-state index in [4.69, 9.17) is 5.10 Å². The molecule has 0 spiro atoms. The Morgan fingerprint density at radius 3 is 2.15 bits per heavy atom. The Labute approximate surface area is 157 Å². The van der Waals surface area contributed by atoms with Crippen molar-refractivity contribution in [1.29, 1.82) is 0 Å². The molecule has 0 aliphatic carbocycles. The predicted molar refractivity (Wildman–Crippen MR) is 109 cm³/mol. The number of aromatic nitrogens is 2. The first-order valence-electron chi connectivity index (χ1n) is 9.27. The van der Waals surface area contributed by atoms with Gasteiger partial charge in [-0.2, -0.15) is 5.10 Å². The zero-order valence-electron chi connectivity index (χ0n) is 16.5. The van der Waals surface area contributed by atoms with Crippen molar-refractivity contribution in [2.45, 2.75) is 53.1 Å². The summed E-state index contributed by atoms with van der Waals surface area (Å²) in [5.41, 5.74) is 7.55. The van der Waals surface area contributed by atoms with Gasteiger partial charge in [-0.15, -0.1) is 0 Å². The van der Waals surface area contributed by atoms with Crippen LogP contribution in [-0.4, -0.2) is 9.78 Å². The van der Waals surface area contributed by atoms with E-state index in [1.165, 1.54) is 22.4 Å². The Hall–Kier alpha value is -2.39. The van der Waals surface area contributed by atoms with Crippen molar-refractivity contribution < 1.29 is 0 Å². The number of hydrogen-bond acceptors (Lipinski definition) is 2. The molecule has 0 amide bonds. The Kier molecular flexibility index (Phi) is 5.28. The number of nitrogens with zero attached hydrogens (tertiary/aromatic N) is 2. The van der Waals surface area contributed by atoms with E-state index in [9.17, 15) is 0 Å². The largest absolute Gasteiger partial charge is 0.308 e. The van der Waals surface area contributed by atoms with Gasteiger partial charge in [-0.3, -0.25) is 0 Å². The first kappa shape index (κ1) is 18.4. The summed E-state index contributed by atoms with van der Waals surface area (Å²) in [5.74, 6) is 0. The third-order valence-electron chi connectivity index (χ3n) is 4.89. The molecular weight excluding hydrogens is 318 g/mol. The molecule has 0 saturated heterocycles. The second-order valence-corrected chi connectivity index (χ2v) is 7.95. The molecule has 0 radical (unpaired) electrons. The molecule has 2 aromatic carbocycles. The minimum absolute atomic E-state index is 0.201. The highest BCUT2D eigenvalue weighted by atomic mass is 15.3. The summed E-state index contributed by atoms with van der Waals surface area (Å²) in [5, 5.41) is 8.29. The van der Waals surface area contributed by atoms with Crippen molar-refractivity contribution in [2.75, 3.05) is 0 Å². The number of rotatable bonds is 5. The lowest BCUT2D eigenvalue weighted by molar-refractivity contribution is 0.589. The summed E-state index contributed by atoms with van der Waals surface area (Å²) in [6.45, 7) is 12.7. The normalized spacial score (nSPS) is 11.7. The molecule has 0 aliphatic heterocycles. The van der Waals surface area contributed by atoms with Gasteiger partial charge in [-0.1, -0.05) is 63.2 Å². The second kappa shape index (κ2) is 7.46. The third-order valence-corrected chi connectivity index (χ3v) is 4.89. The highest BCUT2D eigenvalue weighted by Crippen LogP contribution is 2.22. The lowest BCUT2D eigenvalue weighted by atomic mass is 9.87. The van der Waals surface area contributed by atoms with Gasteiger partial charge in [0.2, 0.25) is 0 Å². The summed E-state index contributed by atoms with van der Waals surface area (Å²) in [4.78, 5) is 0. The molecule has 1 aromatic heterocycles. The van der Waals surface area contributed by atoms with Crippen LogP contribution in [0, 0.1) is 13.8 Å². The van der Waals surface area contributed by atoms with E-state index in [-0.39, 0.29) is 5.41 Å². The summed E-state index contributed by atoms with van der Waals surface area (Å²) >= 11 is 0. The number of para-hydroxylation sites is 1. The van der Waals surface area contributed by atoms with Crippen LogP contribution in [0.25, 0.3) is 5.69 Å². The Balaban J connectivity index is 1.66. The van der Waals surface area contributed by atoms with Crippen LogP contribution in [0.4, 0.5) is 0 Å². The van der Waals surface area contributed by atoms with Crippen molar-refractivity contribution in [3.05, 3.63) is 82.7 Å². The van der Waals surface area contributed by atoms with Crippen LogP contribution in [0.5, 0.6) is 0 Å². The topological polar surface area (TPSA) is 29.9 Å². The van der Waals surface area contributed by atoms with E-state index >= 15 is 0 Å². The molecule has 136 valence electrons. The second-order valence-electron chi connectivity index (χ2n) is 7.95. The van der Waals surface area contributed by atoms with Gasteiger partial charge in [0.25, 0.3) is 0 Å². The van der Waals surface area contributed by atoms with Crippen LogP contribution >= 0.6 is 0 Å². The molecule has 0 fully saturated rings. The highest BCUT2D eigenvalue weighted by molar-refractivity contribution is 5.37. The van der Waals surface area contributed by atoms with Gasteiger partial charge in [0.05, 0.1) is 11.4 Å². The number of aryl methyl sites for hydroxylation is 1. The summed E-state index contributed by atoms with van der Waals surface area (Å²) in [7, 11) is 0. The first-order valence-corrected chi connectivity index (χ1v) is 9.27. The Morgan fingerprint density at radius 2 is 1.54 bits per heavy atom. The zero-order valence-corrected chi connectivity index (χ0v) is 16.5. The van der Waals surface area contributed by atoms with E-state index in [2.05, 4.69) is 76.3 Å². The maximum atomic E-state index is 4.72. The molecule has 3 nitrogen and oxygen atoms in total. The van der Waals surface area contributed by atoms with Gasteiger partial charge in [-0.25, -0.2) is 4.68 Å². The summed E-state index contributed by atoms with van der Waals surface area (Å²) in [6, 6.07) is 19.2. The molecule has 26 heavy (non-hydrogen) atoms. The molecule has 0 unspecified atom stereocenters. The molecule has 0 atom stereocenters. The van der Waals surface area contributed by atoms with Crippen LogP contribution in [0.2, 0.25) is 0 Å². The summed E-state index contributed by atoms with van der Waals surface area (Å²) in [6.07, 6.45) is 0. The minimum atomic E-state index is 0.201. The summed E-state index contributed by atoms with van der Waals surface area (Å²) < 4.78 is 2.03. The maximum absolute atomic E-state index is 4.72. The lowest BCUT2D eigenvalue weighted by Gasteiger charge is -2.19. The smallest absolute Gasteiger partial charge is 0.0648 e. The number of benzene rings is 2. The monoisotopic (exact) mass is 347 g/mol. The predicted octanol–water partition coefficient (Wildman–Crippen LogP) is 5.08. The van der Waals surface area contributed by atoms with Crippen LogP contribution in [0.1, 0.15) is 48.8 Å². The molecule has 0 bridgehead atoms. The van der Waals surface area contributed by atoms with Crippen molar-refractivity contribution in [3.63, 3.8) is 0 Å². The molecule has 1 heterocycles. The van der Waals surface area contributed by atoms with E-state index < -0.39 is 0 Å². The van der Waals surface area contributed by atoms with E-state index in [1.54, 1.807) is 0 Å².